The van der Waals surface area contributed by atoms with Gasteiger partial charge in [0.1, 0.15) is 0 Å². The molecule has 1 rings (SSSR count). The average molecular weight is 214 g/mol. The number of hydrogen-bond acceptors (Lipinski definition) is 5. The largest absolute Gasteiger partial charge is 0.490 e. The maximum atomic E-state index is 13.0. The summed E-state index contributed by atoms with van der Waals surface area (Å²) in [5, 5.41) is 0. The molecule has 0 saturated heterocycles. The molecule has 0 atom stereocenters. The van der Waals surface area contributed by atoms with Crippen molar-refractivity contribution < 1.29 is 18.8 Å². The van der Waals surface area contributed by atoms with Crippen molar-refractivity contribution in [3.8, 4) is 5.75 Å². The number of ether oxygens (including phenoxy) is 1. The van der Waals surface area contributed by atoms with Crippen molar-refractivity contribution in [3.05, 3.63) is 30.1 Å². The topological polar surface area (TPSA) is 73.6 Å². The van der Waals surface area contributed by atoms with E-state index in [4.69, 9.17) is 10.6 Å². The molecule has 0 saturated carbocycles. The molecule has 0 aliphatic heterocycles. The number of nitrogens with two attached hydrogens (primary N) is 1. The summed E-state index contributed by atoms with van der Waals surface area (Å²) in [4.78, 5) is 15.0. The molecule has 15 heavy (non-hydrogen) atoms. The Balaban J connectivity index is 2.32. The van der Waals surface area contributed by atoms with Crippen LogP contribution in [0.1, 0.15) is 6.42 Å². The van der Waals surface area contributed by atoms with Gasteiger partial charge in [-0.15, -0.1) is 0 Å². The molecule has 5 nitrogen and oxygen atoms in total. The second kappa shape index (κ2) is 5.94. The molecule has 0 aliphatic carbocycles. The fourth-order valence-electron chi connectivity index (χ4n) is 0.923. The van der Waals surface area contributed by atoms with Crippen LogP contribution in [0.3, 0.4) is 0 Å². The Morgan fingerprint density at radius 2 is 2.20 bits per heavy atom. The molecule has 0 bridgehead atoms. The number of hydrogen-bond donors (Lipinski definition) is 2. The third kappa shape index (κ3) is 3.92. The molecule has 0 spiro atoms. The minimum atomic E-state index is -0.575. The fraction of sp³-hybridized carbons (Fsp3) is 0.222. The molecule has 0 aromatic heterocycles. The van der Waals surface area contributed by atoms with Crippen LogP contribution in [-0.4, -0.2) is 12.6 Å². The van der Waals surface area contributed by atoms with Crippen molar-refractivity contribution >= 4 is 5.97 Å². The molecule has 0 amide bonds. The van der Waals surface area contributed by atoms with E-state index in [2.05, 4.69) is 4.84 Å². The number of carbonyl (C=O) groups is 1. The van der Waals surface area contributed by atoms with Gasteiger partial charge in [-0.2, -0.15) is 0 Å². The van der Waals surface area contributed by atoms with Crippen molar-refractivity contribution in [2.75, 3.05) is 6.61 Å². The van der Waals surface area contributed by atoms with E-state index in [0.29, 0.717) is 0 Å². The lowest BCUT2D eigenvalue weighted by Crippen LogP contribution is -2.27. The first-order chi connectivity index (χ1) is 7.24. The van der Waals surface area contributed by atoms with Gasteiger partial charge in [-0.1, -0.05) is 17.7 Å². The van der Waals surface area contributed by atoms with Crippen molar-refractivity contribution in [1.82, 2.24) is 5.59 Å². The van der Waals surface area contributed by atoms with Crippen LogP contribution in [0.5, 0.6) is 5.75 Å². The Morgan fingerprint density at radius 1 is 1.47 bits per heavy atom. The molecule has 0 radical (unpaired) electrons. The predicted octanol–water partition coefficient (Wildman–Crippen LogP) is 0.516. The highest BCUT2D eigenvalue weighted by molar-refractivity contribution is 5.69. The Labute approximate surface area is 85.9 Å². The summed E-state index contributed by atoms with van der Waals surface area (Å²) in [5.74, 6) is 3.80. The van der Waals surface area contributed by atoms with Gasteiger partial charge < -0.3 is 9.57 Å². The molecule has 0 fully saturated rings. The van der Waals surface area contributed by atoms with Crippen LogP contribution in [0.2, 0.25) is 0 Å². The van der Waals surface area contributed by atoms with E-state index in [1.807, 2.05) is 0 Å². The molecule has 0 unspecified atom stereocenters. The number of benzene rings is 1. The van der Waals surface area contributed by atoms with E-state index < -0.39 is 11.8 Å². The Morgan fingerprint density at radius 3 is 2.87 bits per heavy atom. The minimum Gasteiger partial charge on any atom is -0.490 e. The summed E-state index contributed by atoms with van der Waals surface area (Å²) >= 11 is 0. The van der Waals surface area contributed by atoms with E-state index in [1.165, 1.54) is 12.1 Å². The number of hydrazine groups is 1. The maximum absolute atomic E-state index is 13.0. The van der Waals surface area contributed by atoms with E-state index >= 15 is 0 Å². The van der Waals surface area contributed by atoms with Crippen LogP contribution >= 0.6 is 0 Å². The van der Waals surface area contributed by atoms with Crippen molar-refractivity contribution in [2.45, 2.75) is 6.42 Å². The second-order valence-electron chi connectivity index (χ2n) is 2.62. The molecule has 1 aromatic rings. The van der Waals surface area contributed by atoms with Crippen LogP contribution in [0.4, 0.5) is 4.39 Å². The third-order valence-corrected chi connectivity index (χ3v) is 1.57. The number of nitrogens with one attached hydrogen (secondary N) is 1. The van der Waals surface area contributed by atoms with E-state index in [-0.39, 0.29) is 18.8 Å². The van der Waals surface area contributed by atoms with Gasteiger partial charge >= 0.3 is 5.97 Å². The zero-order valence-electron chi connectivity index (χ0n) is 7.90. The molecule has 1 aromatic carbocycles. The van der Waals surface area contributed by atoms with Gasteiger partial charge in [0.25, 0.3) is 0 Å². The second-order valence-corrected chi connectivity index (χ2v) is 2.62. The third-order valence-electron chi connectivity index (χ3n) is 1.57. The normalized spacial score (nSPS) is 9.73. The molecule has 82 valence electrons. The SMILES string of the molecule is NNOC(=O)CCOc1ccccc1F. The fourth-order valence-corrected chi connectivity index (χ4v) is 0.923. The first-order valence-electron chi connectivity index (χ1n) is 4.26. The molecular formula is C9H11FN2O3. The Hall–Kier alpha value is -1.66. The van der Waals surface area contributed by atoms with Crippen LogP contribution in [-0.2, 0) is 9.63 Å². The summed E-state index contributed by atoms with van der Waals surface area (Å²) in [7, 11) is 0. The smallest absolute Gasteiger partial charge is 0.329 e. The van der Waals surface area contributed by atoms with Crippen LogP contribution < -0.4 is 16.2 Å². The van der Waals surface area contributed by atoms with Gasteiger partial charge in [-0.05, 0) is 12.1 Å². The monoisotopic (exact) mass is 214 g/mol. The first kappa shape index (κ1) is 11.4. The molecule has 6 heteroatoms. The van der Waals surface area contributed by atoms with Crippen LogP contribution in [0.25, 0.3) is 0 Å². The van der Waals surface area contributed by atoms with Gasteiger partial charge in [0, 0.05) is 0 Å². The summed E-state index contributed by atoms with van der Waals surface area (Å²) < 4.78 is 18.0. The lowest BCUT2D eigenvalue weighted by atomic mass is 10.3. The lowest BCUT2D eigenvalue weighted by molar-refractivity contribution is -0.151. The predicted molar refractivity (Wildman–Crippen MR) is 49.9 cm³/mol. The summed E-state index contributed by atoms with van der Waals surface area (Å²) in [5.41, 5.74) is 1.75. The van der Waals surface area contributed by atoms with E-state index in [9.17, 15) is 9.18 Å². The highest BCUT2D eigenvalue weighted by atomic mass is 19.1. The van der Waals surface area contributed by atoms with E-state index in [0.717, 1.165) is 0 Å². The van der Waals surface area contributed by atoms with Gasteiger partial charge in [-0.3, -0.25) is 4.79 Å². The number of carbonyl (C=O) groups excluding carboxylic acids is 1. The molecule has 3 N–H and O–H groups in total. The van der Waals surface area contributed by atoms with Gasteiger partial charge in [0.15, 0.2) is 11.6 Å². The lowest BCUT2D eigenvalue weighted by Gasteiger charge is -2.05. The summed E-state index contributed by atoms with van der Waals surface area (Å²) in [6, 6.07) is 5.93. The molecule has 0 aliphatic rings. The van der Waals surface area contributed by atoms with Crippen LogP contribution in [0, 0.1) is 5.82 Å². The van der Waals surface area contributed by atoms with Crippen molar-refractivity contribution in [3.63, 3.8) is 0 Å². The number of para-hydroxylation sites is 1. The quantitative estimate of drug-likeness (QED) is 0.552. The van der Waals surface area contributed by atoms with Crippen molar-refractivity contribution in [2.24, 2.45) is 5.84 Å². The average Bonchev–Trinajstić information content (AvgIpc) is 2.21. The standard InChI is InChI=1S/C9H11FN2O3/c10-7-3-1-2-4-8(7)14-6-5-9(13)15-12-11/h1-4,12H,5-6,11H2. The highest BCUT2D eigenvalue weighted by Gasteiger charge is 2.05. The highest BCUT2D eigenvalue weighted by Crippen LogP contribution is 2.15. The Bertz CT molecular complexity index is 333. The van der Waals surface area contributed by atoms with Gasteiger partial charge in [0.2, 0.25) is 0 Å². The zero-order chi connectivity index (χ0) is 11.1. The van der Waals surface area contributed by atoms with E-state index in [1.54, 1.807) is 17.7 Å². The molecular weight excluding hydrogens is 203 g/mol. The zero-order valence-corrected chi connectivity index (χ0v) is 7.90. The van der Waals surface area contributed by atoms with Crippen molar-refractivity contribution in [1.29, 1.82) is 0 Å². The first-order valence-corrected chi connectivity index (χ1v) is 4.26. The summed E-state index contributed by atoms with van der Waals surface area (Å²) in [6.45, 7) is 0.0292. The molecule has 0 heterocycles. The van der Waals surface area contributed by atoms with Gasteiger partial charge in [-0.25, -0.2) is 10.2 Å². The number of rotatable bonds is 5. The maximum Gasteiger partial charge on any atom is 0.329 e. The minimum absolute atomic E-state index is 0.0153. The summed E-state index contributed by atoms with van der Waals surface area (Å²) in [6.07, 6.45) is -0.0153. The number of halogens is 1. The van der Waals surface area contributed by atoms with Gasteiger partial charge in [0.05, 0.1) is 13.0 Å². The van der Waals surface area contributed by atoms with Crippen LogP contribution in [0.15, 0.2) is 24.3 Å². The Kier molecular flexibility index (Phi) is 4.52.